The molecule has 0 saturated heterocycles. The molecule has 1 heterocycles. The van der Waals surface area contributed by atoms with Gasteiger partial charge >= 0.3 is 18.3 Å². The molecule has 3 aromatic rings. The van der Waals surface area contributed by atoms with E-state index in [-0.39, 0.29) is 25.3 Å². The number of carbonyl (C=O) groups is 2. The van der Waals surface area contributed by atoms with Crippen molar-refractivity contribution < 1.29 is 40.7 Å². The predicted molar refractivity (Wildman–Crippen MR) is 137 cm³/mol. The maximum atomic E-state index is 13.0. The number of carbonyl (C=O) groups excluding carboxylic acids is 2. The van der Waals surface area contributed by atoms with E-state index in [0.717, 1.165) is 12.1 Å². The zero-order chi connectivity index (χ0) is 29.3. The maximum absolute atomic E-state index is 13.0. The Morgan fingerprint density at radius 3 is 2.17 bits per heavy atom. The average molecular weight is 565 g/mol. The molecule has 3 rings (SSSR count). The van der Waals surface area contributed by atoms with Crippen LogP contribution in [0, 0.1) is 0 Å². The molecule has 0 fully saturated rings. The van der Waals surface area contributed by atoms with E-state index in [2.05, 4.69) is 15.0 Å². The Hall–Kier alpha value is -4.15. The van der Waals surface area contributed by atoms with Crippen molar-refractivity contribution in [2.75, 3.05) is 13.7 Å². The number of ether oxygens (including phenoxy) is 1. The fourth-order valence-electron chi connectivity index (χ4n) is 3.77. The van der Waals surface area contributed by atoms with E-state index < -0.39 is 36.2 Å². The van der Waals surface area contributed by atoms with Crippen LogP contribution in [-0.2, 0) is 15.7 Å². The molecule has 0 saturated carbocycles. The summed E-state index contributed by atoms with van der Waals surface area (Å²) in [5, 5.41) is 2.59. The summed E-state index contributed by atoms with van der Waals surface area (Å²) >= 11 is 0. The van der Waals surface area contributed by atoms with Crippen molar-refractivity contribution in [2.24, 2.45) is 0 Å². The van der Waals surface area contributed by atoms with Crippen molar-refractivity contribution in [3.8, 4) is 11.3 Å². The SMILES string of the molecule is COC(=O)CCNC(=O)c1ccc(/C=C/C(CCC(F)(F)F)c2ccc(-c3ccc(C(F)(F)F)cc3)nc2)cc1. The van der Waals surface area contributed by atoms with Gasteiger partial charge in [-0.25, -0.2) is 0 Å². The third-order valence-electron chi connectivity index (χ3n) is 6.00. The lowest BCUT2D eigenvalue weighted by molar-refractivity contribution is -0.140. The number of aromatic nitrogens is 1. The number of hydrogen-bond acceptors (Lipinski definition) is 4. The summed E-state index contributed by atoms with van der Waals surface area (Å²) in [6.07, 6.45) is -5.37. The minimum Gasteiger partial charge on any atom is -0.469 e. The molecule has 0 aliphatic carbocycles. The summed E-state index contributed by atoms with van der Waals surface area (Å²) in [4.78, 5) is 27.6. The highest BCUT2D eigenvalue weighted by Crippen LogP contribution is 2.33. The van der Waals surface area contributed by atoms with Crippen molar-refractivity contribution in [1.29, 1.82) is 0 Å². The molecule has 11 heteroatoms. The second-order valence-corrected chi connectivity index (χ2v) is 8.88. The van der Waals surface area contributed by atoms with E-state index >= 15 is 0 Å². The van der Waals surface area contributed by atoms with Crippen LogP contribution in [-0.4, -0.2) is 36.7 Å². The fraction of sp³-hybridized carbons (Fsp3) is 0.276. The lowest BCUT2D eigenvalue weighted by Crippen LogP contribution is -2.26. The first-order valence-electron chi connectivity index (χ1n) is 12.2. The maximum Gasteiger partial charge on any atom is 0.416 e. The molecule has 0 bridgehead atoms. The topological polar surface area (TPSA) is 68.3 Å². The number of rotatable bonds is 10. The number of halogens is 6. The van der Waals surface area contributed by atoms with E-state index in [0.29, 0.717) is 27.9 Å². The Bertz CT molecular complexity index is 1300. The van der Waals surface area contributed by atoms with Crippen LogP contribution in [0.15, 0.2) is 72.9 Å². The first kappa shape index (κ1) is 30.4. The number of pyridine rings is 1. The van der Waals surface area contributed by atoms with Gasteiger partial charge in [0, 0.05) is 36.2 Å². The number of amides is 1. The van der Waals surface area contributed by atoms with Gasteiger partial charge in [-0.1, -0.05) is 42.5 Å². The molecule has 0 aliphatic heterocycles. The van der Waals surface area contributed by atoms with E-state index in [9.17, 15) is 35.9 Å². The van der Waals surface area contributed by atoms with Gasteiger partial charge in [-0.2, -0.15) is 26.3 Å². The second-order valence-electron chi connectivity index (χ2n) is 8.88. The Kier molecular flexibility index (Phi) is 10.1. The molecule has 0 radical (unpaired) electrons. The summed E-state index contributed by atoms with van der Waals surface area (Å²) in [6, 6.07) is 14.0. The zero-order valence-corrected chi connectivity index (χ0v) is 21.4. The number of alkyl halides is 6. The van der Waals surface area contributed by atoms with Crippen molar-refractivity contribution >= 4 is 18.0 Å². The minimum atomic E-state index is -4.47. The molecule has 1 atom stereocenters. The summed E-state index contributed by atoms with van der Waals surface area (Å²) in [6.45, 7) is 0.111. The highest BCUT2D eigenvalue weighted by Gasteiger charge is 2.30. The number of benzene rings is 2. The molecule has 0 aliphatic rings. The third kappa shape index (κ3) is 9.25. The molecule has 212 valence electrons. The smallest absolute Gasteiger partial charge is 0.416 e. The van der Waals surface area contributed by atoms with Crippen LogP contribution in [0.4, 0.5) is 26.3 Å². The van der Waals surface area contributed by atoms with Crippen molar-refractivity contribution in [3.63, 3.8) is 0 Å². The molecular formula is C29H26F6N2O3. The Labute approximate surface area is 226 Å². The molecule has 2 aromatic carbocycles. The Morgan fingerprint density at radius 2 is 1.62 bits per heavy atom. The molecule has 40 heavy (non-hydrogen) atoms. The summed E-state index contributed by atoms with van der Waals surface area (Å²) in [5.74, 6) is -1.48. The van der Waals surface area contributed by atoms with Crippen LogP contribution in [0.1, 0.15) is 52.2 Å². The lowest BCUT2D eigenvalue weighted by atomic mass is 9.93. The van der Waals surface area contributed by atoms with Crippen molar-refractivity contribution in [2.45, 2.75) is 37.5 Å². The number of nitrogens with zero attached hydrogens (tertiary/aromatic N) is 1. The van der Waals surface area contributed by atoms with Crippen LogP contribution in [0.5, 0.6) is 0 Å². The number of methoxy groups -OCH3 is 1. The van der Waals surface area contributed by atoms with E-state index in [1.807, 2.05) is 0 Å². The number of hydrogen-bond donors (Lipinski definition) is 1. The van der Waals surface area contributed by atoms with Gasteiger partial charge in [-0.15, -0.1) is 0 Å². The van der Waals surface area contributed by atoms with Gasteiger partial charge in [0.25, 0.3) is 5.91 Å². The highest BCUT2D eigenvalue weighted by molar-refractivity contribution is 5.94. The van der Waals surface area contributed by atoms with Crippen molar-refractivity contribution in [1.82, 2.24) is 10.3 Å². The standard InChI is InChI=1S/C29H26F6N2O3/c1-40-26(38)15-17-36-27(39)22-6-3-19(4-7-22)2-5-20(14-16-28(30,31)32)23-10-13-25(37-18-23)21-8-11-24(12-9-21)29(33,34)35/h2-13,18,20H,14-17H2,1H3,(H,36,39)/b5-2+. The third-order valence-corrected chi connectivity index (χ3v) is 6.00. The van der Waals surface area contributed by atoms with E-state index in [4.69, 9.17) is 0 Å². The van der Waals surface area contributed by atoms with Crippen LogP contribution >= 0.6 is 0 Å². The van der Waals surface area contributed by atoms with Gasteiger partial charge in [-0.3, -0.25) is 14.6 Å². The minimum absolute atomic E-state index is 0.0303. The summed E-state index contributed by atoms with van der Waals surface area (Å²) in [5.41, 5.74) is 1.54. The number of esters is 1. The van der Waals surface area contributed by atoms with Crippen LogP contribution in [0.3, 0.4) is 0 Å². The molecule has 1 unspecified atom stereocenters. The van der Waals surface area contributed by atoms with Crippen LogP contribution in [0.25, 0.3) is 17.3 Å². The Balaban J connectivity index is 1.72. The molecule has 5 nitrogen and oxygen atoms in total. The van der Waals surface area contributed by atoms with Gasteiger partial charge < -0.3 is 10.1 Å². The van der Waals surface area contributed by atoms with Gasteiger partial charge in [0.2, 0.25) is 0 Å². The monoisotopic (exact) mass is 564 g/mol. The summed E-state index contributed by atoms with van der Waals surface area (Å²) < 4.78 is 81.9. The normalized spacial score (nSPS) is 12.8. The average Bonchev–Trinajstić information content (AvgIpc) is 2.92. The lowest BCUT2D eigenvalue weighted by Gasteiger charge is -2.15. The quantitative estimate of drug-likeness (QED) is 0.209. The first-order valence-corrected chi connectivity index (χ1v) is 12.2. The second kappa shape index (κ2) is 13.3. The van der Waals surface area contributed by atoms with Crippen LogP contribution in [0.2, 0.25) is 0 Å². The summed E-state index contributed by atoms with van der Waals surface area (Å²) in [7, 11) is 1.25. The zero-order valence-electron chi connectivity index (χ0n) is 21.4. The Morgan fingerprint density at radius 1 is 0.950 bits per heavy atom. The molecule has 0 spiro atoms. The highest BCUT2D eigenvalue weighted by atomic mass is 19.4. The molecular weight excluding hydrogens is 538 g/mol. The molecule has 1 amide bonds. The molecule has 1 aromatic heterocycles. The number of nitrogens with one attached hydrogen (secondary N) is 1. The van der Waals surface area contributed by atoms with Gasteiger partial charge in [0.05, 0.1) is 24.8 Å². The van der Waals surface area contributed by atoms with E-state index in [1.54, 1.807) is 48.6 Å². The van der Waals surface area contributed by atoms with Gasteiger partial charge in [0.15, 0.2) is 0 Å². The predicted octanol–water partition coefficient (Wildman–Crippen LogP) is 7.20. The van der Waals surface area contributed by atoms with E-state index in [1.165, 1.54) is 25.4 Å². The number of allylic oxidation sites excluding steroid dienone is 1. The molecule has 1 N–H and O–H groups in total. The van der Waals surface area contributed by atoms with Crippen molar-refractivity contribution in [3.05, 3.63) is 95.2 Å². The first-order chi connectivity index (χ1) is 18.9. The van der Waals surface area contributed by atoms with Gasteiger partial charge in [0.1, 0.15) is 0 Å². The fourth-order valence-corrected chi connectivity index (χ4v) is 3.77. The largest absolute Gasteiger partial charge is 0.469 e. The van der Waals surface area contributed by atoms with Gasteiger partial charge in [-0.05, 0) is 47.9 Å². The van der Waals surface area contributed by atoms with Crippen LogP contribution < -0.4 is 5.32 Å².